The number of hydrogen-bond acceptors (Lipinski definition) is 4. The molecule has 0 unspecified atom stereocenters. The first-order chi connectivity index (χ1) is 12.8. The maximum absolute atomic E-state index is 12.7. The summed E-state index contributed by atoms with van der Waals surface area (Å²) in [7, 11) is 1.85. The van der Waals surface area contributed by atoms with Gasteiger partial charge in [0, 0.05) is 24.3 Å². The zero-order valence-corrected chi connectivity index (χ0v) is 15.2. The van der Waals surface area contributed by atoms with Gasteiger partial charge < -0.3 is 9.88 Å². The number of imidazole rings is 1. The summed E-state index contributed by atoms with van der Waals surface area (Å²) in [6.07, 6.45) is -1.08. The van der Waals surface area contributed by atoms with E-state index >= 15 is 0 Å². The number of rotatable bonds is 4. The summed E-state index contributed by atoms with van der Waals surface area (Å²) in [6.45, 7) is 1.37. The first-order valence-electron chi connectivity index (χ1n) is 7.86. The molecule has 3 aromatic rings. The normalized spacial score (nSPS) is 11.4. The van der Waals surface area contributed by atoms with Gasteiger partial charge in [0.15, 0.2) is 5.16 Å². The van der Waals surface area contributed by atoms with Gasteiger partial charge in [0.05, 0.1) is 16.9 Å². The average molecular weight is 392 g/mol. The zero-order chi connectivity index (χ0) is 19.6. The van der Waals surface area contributed by atoms with Crippen LogP contribution in [0.1, 0.15) is 21.7 Å². The predicted molar refractivity (Wildman–Crippen MR) is 95.7 cm³/mol. The fourth-order valence-electron chi connectivity index (χ4n) is 2.36. The molecule has 27 heavy (non-hydrogen) atoms. The number of para-hydroxylation sites is 1. The van der Waals surface area contributed by atoms with Crippen molar-refractivity contribution in [3.05, 3.63) is 65.7 Å². The quantitative estimate of drug-likeness (QED) is 0.708. The molecule has 1 aromatic carbocycles. The van der Waals surface area contributed by atoms with Gasteiger partial charge in [-0.1, -0.05) is 12.1 Å². The van der Waals surface area contributed by atoms with E-state index in [9.17, 15) is 18.0 Å². The Morgan fingerprint density at radius 3 is 2.56 bits per heavy atom. The summed E-state index contributed by atoms with van der Waals surface area (Å²) in [4.78, 5) is 21.0. The second kappa shape index (κ2) is 7.43. The predicted octanol–water partition coefficient (Wildman–Crippen LogP) is 4.55. The number of halogens is 3. The summed E-state index contributed by atoms with van der Waals surface area (Å²) < 4.78 is 40.1. The van der Waals surface area contributed by atoms with Crippen molar-refractivity contribution in [1.29, 1.82) is 0 Å². The van der Waals surface area contributed by atoms with Gasteiger partial charge in [-0.3, -0.25) is 4.79 Å². The monoisotopic (exact) mass is 392 g/mol. The lowest BCUT2D eigenvalue weighted by Gasteiger charge is -2.13. The Kier molecular flexibility index (Phi) is 5.22. The van der Waals surface area contributed by atoms with Crippen LogP contribution < -0.4 is 5.32 Å². The highest BCUT2D eigenvalue weighted by atomic mass is 32.2. The fourth-order valence-corrected chi connectivity index (χ4v) is 3.25. The minimum Gasteiger partial charge on any atom is -0.329 e. The number of hydrogen-bond donors (Lipinski definition) is 1. The Labute approximate surface area is 157 Å². The van der Waals surface area contributed by atoms with Crippen molar-refractivity contribution in [2.24, 2.45) is 7.05 Å². The van der Waals surface area contributed by atoms with E-state index < -0.39 is 17.8 Å². The van der Waals surface area contributed by atoms with Crippen LogP contribution in [-0.4, -0.2) is 20.4 Å². The average Bonchev–Trinajstić information content (AvgIpc) is 3.00. The Balaban J connectivity index is 1.84. The number of nitrogens with one attached hydrogen (secondary N) is 1. The summed E-state index contributed by atoms with van der Waals surface area (Å²) in [5.74, 6) is -0.526. The van der Waals surface area contributed by atoms with E-state index in [4.69, 9.17) is 0 Å². The van der Waals surface area contributed by atoms with Gasteiger partial charge in [0.2, 0.25) is 0 Å². The molecule has 140 valence electrons. The summed E-state index contributed by atoms with van der Waals surface area (Å²) in [5, 5.41) is 3.48. The van der Waals surface area contributed by atoms with E-state index in [0.29, 0.717) is 5.69 Å². The number of aryl methyl sites for hydroxylation is 2. The van der Waals surface area contributed by atoms with Crippen molar-refractivity contribution in [2.75, 3.05) is 5.32 Å². The Bertz CT molecular complexity index is 985. The van der Waals surface area contributed by atoms with Gasteiger partial charge in [0.1, 0.15) is 5.69 Å². The highest BCUT2D eigenvalue weighted by Crippen LogP contribution is 2.33. The molecule has 0 aliphatic rings. The number of amides is 1. The molecule has 0 saturated heterocycles. The molecule has 3 rings (SSSR count). The molecule has 0 aliphatic carbocycles. The van der Waals surface area contributed by atoms with Gasteiger partial charge in [-0.15, -0.1) is 0 Å². The van der Waals surface area contributed by atoms with Gasteiger partial charge >= 0.3 is 6.18 Å². The number of alkyl halides is 3. The maximum atomic E-state index is 12.7. The van der Waals surface area contributed by atoms with Crippen molar-refractivity contribution in [3.8, 4) is 0 Å². The van der Waals surface area contributed by atoms with E-state index in [1.54, 1.807) is 24.5 Å². The summed E-state index contributed by atoms with van der Waals surface area (Å²) in [5.41, 5.74) is -0.395. The van der Waals surface area contributed by atoms with Crippen molar-refractivity contribution >= 4 is 23.4 Å². The van der Waals surface area contributed by atoms with Crippen LogP contribution in [0, 0.1) is 6.92 Å². The maximum Gasteiger partial charge on any atom is 0.433 e. The Hall–Kier alpha value is -2.81. The van der Waals surface area contributed by atoms with E-state index in [2.05, 4.69) is 15.3 Å². The lowest BCUT2D eigenvalue weighted by atomic mass is 10.1. The van der Waals surface area contributed by atoms with Crippen LogP contribution in [0.2, 0.25) is 0 Å². The van der Waals surface area contributed by atoms with Crippen LogP contribution in [0.3, 0.4) is 0 Å². The van der Waals surface area contributed by atoms with E-state index in [1.807, 2.05) is 23.7 Å². The number of anilines is 1. The SMILES string of the molecule is Cc1nc(C(F)(F)F)ccc1C(=O)Nc1ccccc1Sc1nccn1C. The Morgan fingerprint density at radius 1 is 1.19 bits per heavy atom. The van der Waals surface area contributed by atoms with Gasteiger partial charge in [-0.25, -0.2) is 9.97 Å². The third-order valence-electron chi connectivity index (χ3n) is 3.73. The first kappa shape index (κ1) is 19.0. The molecule has 5 nitrogen and oxygen atoms in total. The lowest BCUT2D eigenvalue weighted by Crippen LogP contribution is -2.17. The molecule has 2 aromatic heterocycles. The van der Waals surface area contributed by atoms with Crippen LogP contribution in [0.5, 0.6) is 0 Å². The van der Waals surface area contributed by atoms with E-state index in [0.717, 1.165) is 22.2 Å². The highest BCUT2D eigenvalue weighted by molar-refractivity contribution is 7.99. The molecular formula is C18H15F3N4OS. The molecular weight excluding hydrogens is 377 g/mol. The Morgan fingerprint density at radius 2 is 1.93 bits per heavy atom. The number of carbonyl (C=O) groups excluding carboxylic acids is 1. The third-order valence-corrected chi connectivity index (χ3v) is 4.89. The molecule has 0 fully saturated rings. The van der Waals surface area contributed by atoms with Crippen molar-refractivity contribution in [1.82, 2.24) is 14.5 Å². The van der Waals surface area contributed by atoms with Crippen LogP contribution in [0.15, 0.2) is 58.8 Å². The minimum absolute atomic E-state index is 0.0107. The molecule has 9 heteroatoms. The van der Waals surface area contributed by atoms with E-state index in [-0.39, 0.29) is 11.3 Å². The number of nitrogens with zero attached hydrogens (tertiary/aromatic N) is 3. The second-order valence-electron chi connectivity index (χ2n) is 5.70. The van der Waals surface area contributed by atoms with E-state index in [1.165, 1.54) is 18.7 Å². The largest absolute Gasteiger partial charge is 0.433 e. The number of pyridine rings is 1. The number of benzene rings is 1. The molecule has 0 atom stereocenters. The summed E-state index contributed by atoms with van der Waals surface area (Å²) >= 11 is 1.37. The molecule has 0 spiro atoms. The van der Waals surface area contributed by atoms with Gasteiger partial charge in [-0.05, 0) is 43.0 Å². The zero-order valence-electron chi connectivity index (χ0n) is 14.4. The standard InChI is InChI=1S/C18H15F3N4OS/c1-11-12(7-8-15(23-11)18(19,20)21)16(26)24-13-5-3-4-6-14(13)27-17-22-9-10-25(17)2/h3-10H,1-2H3,(H,24,26). The first-order valence-corrected chi connectivity index (χ1v) is 8.68. The topological polar surface area (TPSA) is 59.8 Å². The van der Waals surface area contributed by atoms with Gasteiger partial charge in [0.25, 0.3) is 5.91 Å². The van der Waals surface area contributed by atoms with Gasteiger partial charge in [-0.2, -0.15) is 13.2 Å². The molecule has 1 amide bonds. The third kappa shape index (κ3) is 4.30. The number of aromatic nitrogens is 3. The molecule has 0 bridgehead atoms. The molecule has 0 aliphatic heterocycles. The fraction of sp³-hybridized carbons (Fsp3) is 0.167. The minimum atomic E-state index is -4.55. The highest BCUT2D eigenvalue weighted by Gasteiger charge is 2.33. The van der Waals surface area contributed by atoms with Crippen LogP contribution in [0.4, 0.5) is 18.9 Å². The molecule has 2 heterocycles. The molecule has 1 N–H and O–H groups in total. The second-order valence-corrected chi connectivity index (χ2v) is 6.71. The number of carbonyl (C=O) groups is 1. The smallest absolute Gasteiger partial charge is 0.329 e. The van der Waals surface area contributed by atoms with Crippen LogP contribution >= 0.6 is 11.8 Å². The molecule has 0 saturated carbocycles. The van der Waals surface area contributed by atoms with Crippen molar-refractivity contribution in [3.63, 3.8) is 0 Å². The lowest BCUT2D eigenvalue weighted by molar-refractivity contribution is -0.141. The van der Waals surface area contributed by atoms with Crippen molar-refractivity contribution in [2.45, 2.75) is 23.2 Å². The van der Waals surface area contributed by atoms with Crippen LogP contribution in [-0.2, 0) is 13.2 Å². The summed E-state index contributed by atoms with van der Waals surface area (Å²) in [6, 6.07) is 9.07. The van der Waals surface area contributed by atoms with Crippen molar-refractivity contribution < 1.29 is 18.0 Å². The molecule has 0 radical (unpaired) electrons. The van der Waals surface area contributed by atoms with Crippen LogP contribution in [0.25, 0.3) is 0 Å².